The Bertz CT molecular complexity index is 956. The third-order valence-corrected chi connectivity index (χ3v) is 7.55. The average Bonchev–Trinajstić information content (AvgIpc) is 2.92. The van der Waals surface area contributed by atoms with Crippen molar-refractivity contribution in [3.63, 3.8) is 0 Å². The van der Waals surface area contributed by atoms with Gasteiger partial charge in [0.05, 0.1) is 0 Å². The first-order chi connectivity index (χ1) is 19.1. The predicted octanol–water partition coefficient (Wildman–Crippen LogP) is 6.83. The lowest BCUT2D eigenvalue weighted by Gasteiger charge is -2.35. The smallest absolute Gasteiger partial charge is 0.408 e. The second-order valence-electron chi connectivity index (χ2n) is 11.8. The summed E-state index contributed by atoms with van der Waals surface area (Å²) in [6, 6.07) is 5.92. The Labute approximate surface area is 247 Å². The van der Waals surface area contributed by atoms with Crippen LogP contribution in [0.15, 0.2) is 30.8 Å². The molecule has 0 aliphatic heterocycles. The molecule has 0 radical (unpaired) electrons. The van der Waals surface area contributed by atoms with Crippen molar-refractivity contribution in [2.45, 2.75) is 122 Å². The fourth-order valence-electron chi connectivity index (χ4n) is 5.12. The molecular formula is C32H51N3O4S. The van der Waals surface area contributed by atoms with E-state index in [1.165, 1.54) is 12.8 Å². The number of rotatable bonds is 15. The summed E-state index contributed by atoms with van der Waals surface area (Å²) in [4.78, 5) is 42.3. The van der Waals surface area contributed by atoms with Crippen LogP contribution in [0.2, 0.25) is 0 Å². The van der Waals surface area contributed by atoms with Crippen LogP contribution in [0.5, 0.6) is 0 Å². The lowest BCUT2D eigenvalue weighted by Crippen LogP contribution is -2.54. The lowest BCUT2D eigenvalue weighted by molar-refractivity contribution is -0.142. The van der Waals surface area contributed by atoms with Crippen molar-refractivity contribution in [3.05, 3.63) is 42.0 Å². The van der Waals surface area contributed by atoms with E-state index >= 15 is 0 Å². The highest BCUT2D eigenvalue weighted by Gasteiger charge is 2.36. The standard InChI is InChI=1S/C32H51N3O4S/c1-6-8-9-10-11-15-21-35(30(37)27(23-40)34-31(38)39-32(3,4)5)28(25-18-16-17-24(7-2)22-25)29(36)33-26-19-13-12-14-20-26/h7,16-18,22,26-28,40H,2,6,8-15,19-21,23H2,1,3-5H3,(H,33,36)(H,34,38). The molecule has 2 unspecified atom stereocenters. The Morgan fingerprint density at radius 1 is 1.10 bits per heavy atom. The molecule has 2 N–H and O–H groups in total. The first-order valence-electron chi connectivity index (χ1n) is 15.0. The minimum Gasteiger partial charge on any atom is -0.444 e. The van der Waals surface area contributed by atoms with E-state index in [1.54, 1.807) is 31.7 Å². The fraction of sp³-hybridized carbons (Fsp3) is 0.656. The van der Waals surface area contributed by atoms with E-state index < -0.39 is 23.8 Å². The van der Waals surface area contributed by atoms with Gasteiger partial charge in [0, 0.05) is 18.3 Å². The molecule has 0 heterocycles. The third kappa shape index (κ3) is 11.6. The van der Waals surface area contributed by atoms with E-state index in [0.717, 1.165) is 68.9 Å². The molecule has 2 atom stereocenters. The number of unbranched alkanes of at least 4 members (excludes halogenated alkanes) is 5. The number of hydrogen-bond acceptors (Lipinski definition) is 5. The number of amides is 3. The lowest BCUT2D eigenvalue weighted by atomic mass is 9.94. The fourth-order valence-corrected chi connectivity index (χ4v) is 5.37. The van der Waals surface area contributed by atoms with E-state index in [9.17, 15) is 14.4 Å². The van der Waals surface area contributed by atoms with Crippen molar-refractivity contribution in [1.82, 2.24) is 15.5 Å². The van der Waals surface area contributed by atoms with Gasteiger partial charge < -0.3 is 20.3 Å². The molecule has 1 aromatic carbocycles. The topological polar surface area (TPSA) is 87.7 Å². The highest BCUT2D eigenvalue weighted by molar-refractivity contribution is 7.80. The van der Waals surface area contributed by atoms with Gasteiger partial charge in [-0.15, -0.1) is 0 Å². The second kappa shape index (κ2) is 17.4. The van der Waals surface area contributed by atoms with Gasteiger partial charge in [0.1, 0.15) is 17.7 Å². The Hall–Kier alpha value is -2.48. The number of thiol groups is 1. The van der Waals surface area contributed by atoms with Crippen LogP contribution >= 0.6 is 12.6 Å². The SMILES string of the molecule is C=Cc1cccc(C(C(=O)NC2CCCCC2)N(CCCCCCCC)C(=O)C(CS)NC(=O)OC(C)(C)C)c1. The van der Waals surface area contributed by atoms with Crippen LogP contribution in [-0.2, 0) is 14.3 Å². The summed E-state index contributed by atoms with van der Waals surface area (Å²) in [5.41, 5.74) is 0.887. The molecule has 0 bridgehead atoms. The van der Waals surface area contributed by atoms with Gasteiger partial charge in [0.2, 0.25) is 11.8 Å². The Balaban J connectivity index is 2.40. The number of nitrogens with one attached hydrogen (secondary N) is 2. The average molecular weight is 574 g/mol. The molecule has 1 aliphatic carbocycles. The molecule has 1 aliphatic rings. The van der Waals surface area contributed by atoms with Gasteiger partial charge in [0.15, 0.2) is 0 Å². The molecule has 1 fully saturated rings. The first kappa shape index (κ1) is 33.7. The molecule has 0 saturated heterocycles. The molecule has 0 spiro atoms. The number of ether oxygens (including phenoxy) is 1. The molecule has 2 rings (SSSR count). The summed E-state index contributed by atoms with van der Waals surface area (Å²) in [6.45, 7) is 11.8. The van der Waals surface area contributed by atoms with Crippen molar-refractivity contribution >= 4 is 36.6 Å². The third-order valence-electron chi connectivity index (χ3n) is 7.18. The molecule has 40 heavy (non-hydrogen) atoms. The quantitative estimate of drug-likeness (QED) is 0.159. The second-order valence-corrected chi connectivity index (χ2v) is 12.2. The summed E-state index contributed by atoms with van der Waals surface area (Å²) in [7, 11) is 0. The van der Waals surface area contributed by atoms with Crippen molar-refractivity contribution < 1.29 is 19.1 Å². The first-order valence-corrected chi connectivity index (χ1v) is 15.7. The van der Waals surface area contributed by atoms with Gasteiger partial charge >= 0.3 is 6.09 Å². The van der Waals surface area contributed by atoms with Crippen LogP contribution < -0.4 is 10.6 Å². The highest BCUT2D eigenvalue weighted by atomic mass is 32.1. The number of carbonyl (C=O) groups excluding carboxylic acids is 3. The van der Waals surface area contributed by atoms with Crippen LogP contribution in [0.1, 0.15) is 115 Å². The number of nitrogens with zero attached hydrogens (tertiary/aromatic N) is 1. The van der Waals surface area contributed by atoms with Gasteiger partial charge in [-0.2, -0.15) is 12.6 Å². The van der Waals surface area contributed by atoms with Crippen LogP contribution in [0.4, 0.5) is 4.79 Å². The Morgan fingerprint density at radius 2 is 1.77 bits per heavy atom. The molecule has 224 valence electrons. The maximum absolute atomic E-state index is 14.1. The van der Waals surface area contributed by atoms with Crippen molar-refractivity contribution in [3.8, 4) is 0 Å². The summed E-state index contributed by atoms with van der Waals surface area (Å²) in [6.07, 6.45) is 12.6. The zero-order valence-corrected chi connectivity index (χ0v) is 25.9. The number of carbonyl (C=O) groups is 3. The van der Waals surface area contributed by atoms with Crippen molar-refractivity contribution in [1.29, 1.82) is 0 Å². The van der Waals surface area contributed by atoms with E-state index in [0.29, 0.717) is 6.54 Å². The maximum Gasteiger partial charge on any atom is 0.408 e. The van der Waals surface area contributed by atoms with E-state index in [4.69, 9.17) is 4.74 Å². The molecule has 1 aromatic rings. The minimum absolute atomic E-state index is 0.0781. The van der Waals surface area contributed by atoms with E-state index in [1.807, 2.05) is 24.3 Å². The van der Waals surface area contributed by atoms with Gasteiger partial charge in [-0.3, -0.25) is 9.59 Å². The monoisotopic (exact) mass is 573 g/mol. The van der Waals surface area contributed by atoms with Crippen molar-refractivity contribution in [2.24, 2.45) is 0 Å². The summed E-state index contributed by atoms with van der Waals surface area (Å²) in [5, 5.41) is 5.94. The van der Waals surface area contributed by atoms with Crippen LogP contribution in [0, 0.1) is 0 Å². The van der Waals surface area contributed by atoms with Gasteiger partial charge in [-0.05, 0) is 57.2 Å². The molecule has 1 saturated carbocycles. The van der Waals surface area contributed by atoms with Crippen LogP contribution in [0.25, 0.3) is 6.08 Å². The Kier molecular flexibility index (Phi) is 14.6. The van der Waals surface area contributed by atoms with Crippen molar-refractivity contribution in [2.75, 3.05) is 12.3 Å². The highest BCUT2D eigenvalue weighted by Crippen LogP contribution is 2.27. The van der Waals surface area contributed by atoms with E-state index in [-0.39, 0.29) is 23.6 Å². The zero-order valence-electron chi connectivity index (χ0n) is 25.0. The molecular weight excluding hydrogens is 522 g/mol. The minimum atomic E-state index is -0.939. The normalized spacial score (nSPS) is 15.5. The summed E-state index contributed by atoms with van der Waals surface area (Å²) < 4.78 is 5.41. The molecule has 0 aromatic heterocycles. The number of benzene rings is 1. The van der Waals surface area contributed by atoms with Gasteiger partial charge in [-0.25, -0.2) is 4.79 Å². The van der Waals surface area contributed by atoms with E-state index in [2.05, 4.69) is 36.8 Å². The summed E-state index contributed by atoms with van der Waals surface area (Å²) >= 11 is 4.40. The molecule has 3 amide bonds. The van der Waals surface area contributed by atoms with Crippen LogP contribution in [-0.4, -0.2) is 52.8 Å². The van der Waals surface area contributed by atoms with Gasteiger partial charge in [-0.1, -0.05) is 89.1 Å². The summed E-state index contributed by atoms with van der Waals surface area (Å²) in [5.74, 6) is -0.459. The predicted molar refractivity (Wildman–Crippen MR) is 166 cm³/mol. The largest absolute Gasteiger partial charge is 0.444 e. The number of hydrogen-bond donors (Lipinski definition) is 3. The molecule has 7 nitrogen and oxygen atoms in total. The van der Waals surface area contributed by atoms with Gasteiger partial charge in [0.25, 0.3) is 0 Å². The molecule has 8 heteroatoms. The Morgan fingerprint density at radius 3 is 2.40 bits per heavy atom. The van der Waals surface area contributed by atoms with Crippen LogP contribution in [0.3, 0.4) is 0 Å². The zero-order chi connectivity index (χ0) is 29.5. The number of alkyl carbamates (subject to hydrolysis) is 1. The maximum atomic E-state index is 14.1.